The number of hydrogen-bond acceptors (Lipinski definition) is 8. The Labute approximate surface area is 216 Å². The summed E-state index contributed by atoms with van der Waals surface area (Å²) in [5.74, 6) is -1.41. The van der Waals surface area contributed by atoms with Gasteiger partial charge in [0, 0.05) is 30.6 Å². The van der Waals surface area contributed by atoms with E-state index in [9.17, 15) is 24.5 Å². The van der Waals surface area contributed by atoms with Crippen molar-refractivity contribution in [1.82, 2.24) is 4.90 Å². The molecule has 1 spiro atoms. The van der Waals surface area contributed by atoms with Crippen LogP contribution >= 0.6 is 0 Å². The Balaban J connectivity index is 1.63. The molecule has 0 aromatic heterocycles. The number of nitrogens with zero attached hydrogens (tertiary/aromatic N) is 2. The van der Waals surface area contributed by atoms with Crippen LogP contribution in [0.1, 0.15) is 77.3 Å². The predicted molar refractivity (Wildman–Crippen MR) is 133 cm³/mol. The molecule has 4 atom stereocenters. The lowest BCUT2D eigenvalue weighted by Crippen LogP contribution is -2.60. The fourth-order valence-corrected chi connectivity index (χ4v) is 7.60. The summed E-state index contributed by atoms with van der Waals surface area (Å²) in [7, 11) is 0. The normalized spacial score (nSPS) is 28.9. The Morgan fingerprint density at radius 1 is 1.11 bits per heavy atom. The van der Waals surface area contributed by atoms with Crippen LogP contribution in [0, 0.1) is 21.4 Å². The molecule has 198 valence electrons. The van der Waals surface area contributed by atoms with Gasteiger partial charge < -0.3 is 9.47 Å². The standard InChI is InChI=1S/C28H34N2O7/c1-4-36-25(32)27(26(33)37-5-2)15-19-14-23-21-8-6-7-9-22(21)24(31)28(19,16-27)29(23)17(3)18-10-12-20(13-11-18)30(34)35/h10-13,17,19,23H,4-9,14-16H2,1-3H3/t17-,19+,23+,28-/m1/s1. The lowest BCUT2D eigenvalue weighted by molar-refractivity contribution is -0.384. The Bertz CT molecular complexity index is 1160. The molecule has 9 heteroatoms. The van der Waals surface area contributed by atoms with Crippen LogP contribution in [0.25, 0.3) is 0 Å². The molecule has 5 rings (SSSR count). The topological polar surface area (TPSA) is 116 Å². The number of nitro benzene ring substituents is 1. The van der Waals surface area contributed by atoms with Gasteiger partial charge in [-0.15, -0.1) is 0 Å². The van der Waals surface area contributed by atoms with Crippen molar-refractivity contribution in [3.8, 4) is 0 Å². The molecule has 2 aliphatic heterocycles. The van der Waals surface area contributed by atoms with Gasteiger partial charge in [-0.25, -0.2) is 0 Å². The highest BCUT2D eigenvalue weighted by Gasteiger charge is 2.74. The molecule has 0 unspecified atom stereocenters. The first kappa shape index (κ1) is 25.6. The van der Waals surface area contributed by atoms with Crippen molar-refractivity contribution in [2.24, 2.45) is 11.3 Å². The lowest BCUT2D eigenvalue weighted by atomic mass is 9.72. The number of Topliss-reactive ketones (excluding diaryl/α,β-unsaturated/α-hetero) is 1. The van der Waals surface area contributed by atoms with Crippen molar-refractivity contribution in [2.45, 2.75) is 83.3 Å². The monoisotopic (exact) mass is 510 g/mol. The number of hydrogen-bond donors (Lipinski definition) is 0. The molecule has 4 aliphatic rings. The van der Waals surface area contributed by atoms with E-state index in [4.69, 9.17) is 9.47 Å². The van der Waals surface area contributed by atoms with Crippen LogP contribution in [0.4, 0.5) is 5.69 Å². The highest BCUT2D eigenvalue weighted by atomic mass is 16.6. The molecule has 1 saturated heterocycles. The maximum atomic E-state index is 14.5. The van der Waals surface area contributed by atoms with E-state index in [1.807, 2.05) is 6.92 Å². The van der Waals surface area contributed by atoms with Crippen molar-refractivity contribution >= 4 is 23.4 Å². The zero-order chi connectivity index (χ0) is 26.5. The third kappa shape index (κ3) is 3.65. The van der Waals surface area contributed by atoms with Crippen LogP contribution in [0.15, 0.2) is 35.4 Å². The highest BCUT2D eigenvalue weighted by Crippen LogP contribution is 2.65. The minimum Gasteiger partial charge on any atom is -0.465 e. The molecule has 1 aromatic carbocycles. The minimum absolute atomic E-state index is 0.00598. The molecule has 0 N–H and O–H groups in total. The molecule has 1 saturated carbocycles. The second-order valence-corrected chi connectivity index (χ2v) is 10.7. The fraction of sp³-hybridized carbons (Fsp3) is 0.607. The van der Waals surface area contributed by atoms with Gasteiger partial charge in [0.1, 0.15) is 0 Å². The van der Waals surface area contributed by atoms with E-state index >= 15 is 0 Å². The fourth-order valence-electron chi connectivity index (χ4n) is 7.60. The van der Waals surface area contributed by atoms with E-state index in [1.54, 1.807) is 26.0 Å². The van der Waals surface area contributed by atoms with E-state index in [0.717, 1.165) is 36.8 Å². The molecular formula is C28H34N2O7. The third-order valence-electron chi connectivity index (χ3n) is 9.06. The summed E-state index contributed by atoms with van der Waals surface area (Å²) >= 11 is 0. The maximum Gasteiger partial charge on any atom is 0.323 e. The Morgan fingerprint density at radius 2 is 1.73 bits per heavy atom. The van der Waals surface area contributed by atoms with Crippen molar-refractivity contribution < 1.29 is 28.8 Å². The van der Waals surface area contributed by atoms with Crippen LogP contribution in [-0.2, 0) is 23.9 Å². The molecule has 2 aliphatic carbocycles. The molecule has 37 heavy (non-hydrogen) atoms. The highest BCUT2D eigenvalue weighted by molar-refractivity contribution is 6.09. The number of rotatable bonds is 7. The zero-order valence-electron chi connectivity index (χ0n) is 21.7. The number of esters is 2. The summed E-state index contributed by atoms with van der Waals surface area (Å²) in [4.78, 5) is 54.2. The van der Waals surface area contributed by atoms with E-state index in [0.29, 0.717) is 6.42 Å². The van der Waals surface area contributed by atoms with Crippen molar-refractivity contribution in [3.05, 3.63) is 51.1 Å². The van der Waals surface area contributed by atoms with Gasteiger partial charge >= 0.3 is 11.9 Å². The predicted octanol–water partition coefficient (Wildman–Crippen LogP) is 4.44. The first-order chi connectivity index (χ1) is 17.7. The first-order valence-electron chi connectivity index (χ1n) is 13.3. The number of ketones is 1. The van der Waals surface area contributed by atoms with Crippen molar-refractivity contribution in [2.75, 3.05) is 13.2 Å². The molecular weight excluding hydrogens is 476 g/mol. The maximum absolute atomic E-state index is 14.5. The van der Waals surface area contributed by atoms with Crippen molar-refractivity contribution in [1.29, 1.82) is 0 Å². The largest absolute Gasteiger partial charge is 0.465 e. The molecule has 0 radical (unpaired) electrons. The number of non-ortho nitro benzene ring substituents is 1. The Morgan fingerprint density at radius 3 is 2.32 bits per heavy atom. The Kier molecular flexibility index (Phi) is 6.46. The average Bonchev–Trinajstić information content (AvgIpc) is 3.37. The average molecular weight is 511 g/mol. The van der Waals surface area contributed by atoms with Crippen molar-refractivity contribution in [3.63, 3.8) is 0 Å². The molecule has 2 heterocycles. The number of carbonyl (C=O) groups excluding carboxylic acids is 3. The summed E-state index contributed by atoms with van der Waals surface area (Å²) in [5.41, 5.74) is 0.385. The van der Waals surface area contributed by atoms with E-state index in [-0.39, 0.29) is 55.5 Å². The van der Waals surface area contributed by atoms with Gasteiger partial charge in [0.05, 0.1) is 23.7 Å². The van der Waals surface area contributed by atoms with Gasteiger partial charge in [0.25, 0.3) is 5.69 Å². The molecule has 1 aromatic rings. The molecule has 9 nitrogen and oxygen atoms in total. The van der Waals surface area contributed by atoms with E-state index in [1.165, 1.54) is 17.7 Å². The summed E-state index contributed by atoms with van der Waals surface area (Å²) in [6, 6.07) is 6.22. The Hall–Kier alpha value is -3.07. The SMILES string of the molecule is CCOC(=O)C1(C(=O)OCC)C[C@@H]2C[C@H]3C4=C(CCCC4)C(=O)[C@]2(C1)N3[C@H](C)c1ccc([N+](=O)[O-])cc1. The van der Waals surface area contributed by atoms with Gasteiger partial charge in [-0.05, 0) is 81.9 Å². The summed E-state index contributed by atoms with van der Waals surface area (Å²) < 4.78 is 10.8. The quantitative estimate of drug-likeness (QED) is 0.229. The van der Waals surface area contributed by atoms with Gasteiger partial charge in [0.15, 0.2) is 11.2 Å². The van der Waals surface area contributed by atoms with E-state index < -0.39 is 27.8 Å². The van der Waals surface area contributed by atoms with Crippen LogP contribution in [0.5, 0.6) is 0 Å². The summed E-state index contributed by atoms with van der Waals surface area (Å²) in [5, 5.41) is 11.2. The number of fused-ring (bicyclic) bond motifs is 2. The smallest absolute Gasteiger partial charge is 0.323 e. The van der Waals surface area contributed by atoms with Crippen LogP contribution in [0.2, 0.25) is 0 Å². The van der Waals surface area contributed by atoms with Gasteiger partial charge in [-0.2, -0.15) is 0 Å². The first-order valence-corrected chi connectivity index (χ1v) is 13.3. The number of carbonyl (C=O) groups is 3. The second kappa shape index (κ2) is 9.35. The van der Waals surface area contributed by atoms with E-state index in [2.05, 4.69) is 4.90 Å². The molecule has 2 fully saturated rings. The molecule has 2 bridgehead atoms. The second-order valence-electron chi connectivity index (χ2n) is 10.7. The zero-order valence-corrected chi connectivity index (χ0v) is 21.7. The lowest BCUT2D eigenvalue weighted by Gasteiger charge is -2.49. The van der Waals surface area contributed by atoms with Crippen LogP contribution in [0.3, 0.4) is 0 Å². The van der Waals surface area contributed by atoms with Crippen LogP contribution < -0.4 is 0 Å². The number of benzene rings is 1. The third-order valence-corrected chi connectivity index (χ3v) is 9.06. The minimum atomic E-state index is -1.53. The van der Waals surface area contributed by atoms with Gasteiger partial charge in [-0.1, -0.05) is 12.1 Å². The number of nitro groups is 1. The number of ether oxygens (including phenoxy) is 2. The summed E-state index contributed by atoms with van der Waals surface area (Å²) in [6.07, 6.45) is 4.53. The summed E-state index contributed by atoms with van der Waals surface area (Å²) in [6.45, 7) is 5.68. The van der Waals surface area contributed by atoms with Gasteiger partial charge in [0.2, 0.25) is 0 Å². The molecule has 0 amide bonds. The van der Waals surface area contributed by atoms with Crippen LogP contribution in [-0.4, -0.2) is 52.3 Å². The van der Waals surface area contributed by atoms with Gasteiger partial charge in [-0.3, -0.25) is 29.4 Å².